The molecule has 0 amide bonds. The van der Waals surface area contributed by atoms with Crippen LogP contribution in [0.2, 0.25) is 0 Å². The van der Waals surface area contributed by atoms with E-state index >= 15 is 0 Å². The van der Waals surface area contributed by atoms with Crippen molar-refractivity contribution in [2.75, 3.05) is 0 Å². The van der Waals surface area contributed by atoms with Gasteiger partial charge in [0, 0.05) is 12.4 Å². The highest BCUT2D eigenvalue weighted by Gasteiger charge is 1.59. The average Bonchev–Trinajstić information content (AvgIpc) is 1.72. The molecule has 38 valence electrons. The topological polar surface area (TPSA) is 25.8 Å². The minimum Gasteiger partial charge on any atom is -1.00 e. The van der Waals surface area contributed by atoms with Crippen molar-refractivity contribution in [3.05, 3.63) is 24.8 Å². The fraction of sp³-hybridized carbons (Fsp3) is 0. The van der Waals surface area contributed by atoms with Crippen LogP contribution in [-0.2, 0) is 0 Å². The lowest BCUT2D eigenvalue weighted by atomic mass is 10.7. The van der Waals surface area contributed by atoms with Gasteiger partial charge in [-0.1, -0.05) is 0 Å². The van der Waals surface area contributed by atoms with Crippen molar-refractivity contribution in [3.8, 4) is 0 Å². The van der Waals surface area contributed by atoms with Crippen molar-refractivity contribution in [1.29, 1.82) is 0 Å². The predicted molar refractivity (Wildman–Crippen MR) is 22.0 cm³/mol. The molecule has 0 bridgehead atoms. The zero-order chi connectivity index (χ0) is 4.24. The summed E-state index contributed by atoms with van der Waals surface area (Å²) < 4.78 is 0. The van der Waals surface area contributed by atoms with E-state index in [0.717, 1.165) is 0 Å². The molecular formula is C4H4BrN2-. The Morgan fingerprint density at radius 3 is 1.71 bits per heavy atom. The molecule has 1 aromatic heterocycles. The fourth-order valence-corrected chi connectivity index (χ4v) is 0.253. The number of nitrogens with zero attached hydrogens (tertiary/aromatic N) is 2. The van der Waals surface area contributed by atoms with Gasteiger partial charge in [-0.2, -0.15) is 0 Å². The van der Waals surface area contributed by atoms with Crippen LogP contribution < -0.4 is 17.0 Å². The van der Waals surface area contributed by atoms with Gasteiger partial charge in [0.05, 0.1) is 0 Å². The van der Waals surface area contributed by atoms with E-state index < -0.39 is 0 Å². The Labute approximate surface area is 52.4 Å². The van der Waals surface area contributed by atoms with Crippen molar-refractivity contribution in [3.63, 3.8) is 0 Å². The molecule has 0 aliphatic heterocycles. The van der Waals surface area contributed by atoms with Crippen LogP contribution in [0.15, 0.2) is 24.8 Å². The Hall–Kier alpha value is -0.440. The van der Waals surface area contributed by atoms with Crippen molar-refractivity contribution in [1.82, 2.24) is 9.97 Å². The molecule has 1 rings (SSSR count). The third-order valence-electron chi connectivity index (χ3n) is 0.478. The highest BCUT2D eigenvalue weighted by molar-refractivity contribution is 4.74. The van der Waals surface area contributed by atoms with Crippen LogP contribution in [0.4, 0.5) is 0 Å². The molecule has 0 fully saturated rings. The van der Waals surface area contributed by atoms with Gasteiger partial charge in [-0.25, -0.2) is 9.97 Å². The zero-order valence-corrected chi connectivity index (χ0v) is 5.17. The summed E-state index contributed by atoms with van der Waals surface area (Å²) in [4.78, 5) is 7.35. The van der Waals surface area contributed by atoms with Crippen LogP contribution in [0, 0.1) is 0 Å². The van der Waals surface area contributed by atoms with Gasteiger partial charge in [0.15, 0.2) is 0 Å². The molecule has 0 radical (unpaired) electrons. The number of aromatic nitrogens is 2. The van der Waals surface area contributed by atoms with Gasteiger partial charge in [-0.3, -0.25) is 0 Å². The van der Waals surface area contributed by atoms with Crippen LogP contribution in [-0.4, -0.2) is 9.97 Å². The third kappa shape index (κ3) is 2.28. The number of hydrogen-bond donors (Lipinski definition) is 0. The molecule has 0 N–H and O–H groups in total. The summed E-state index contributed by atoms with van der Waals surface area (Å²) in [6, 6.07) is 1.78. The highest BCUT2D eigenvalue weighted by Crippen LogP contribution is 1.66. The molecule has 0 aliphatic carbocycles. The Balaban J connectivity index is 0.000000360. The Kier molecular flexibility index (Phi) is 3.50. The van der Waals surface area contributed by atoms with Crippen LogP contribution in [0.3, 0.4) is 0 Å². The lowest BCUT2D eigenvalue weighted by Gasteiger charge is -1.70. The van der Waals surface area contributed by atoms with E-state index in [-0.39, 0.29) is 17.0 Å². The quantitative estimate of drug-likeness (QED) is 0.418. The van der Waals surface area contributed by atoms with Gasteiger partial charge in [0.25, 0.3) is 0 Å². The first-order chi connectivity index (χ1) is 3.00. The van der Waals surface area contributed by atoms with Gasteiger partial charge in [-0.05, 0) is 6.07 Å². The molecule has 2 nitrogen and oxygen atoms in total. The maximum absolute atomic E-state index is 3.67. The lowest BCUT2D eigenvalue weighted by Crippen LogP contribution is -3.00. The fourth-order valence-electron chi connectivity index (χ4n) is 0.253. The highest BCUT2D eigenvalue weighted by atomic mass is 79.9. The molecule has 0 atom stereocenters. The van der Waals surface area contributed by atoms with Crippen molar-refractivity contribution in [2.45, 2.75) is 0 Å². The van der Waals surface area contributed by atoms with E-state index in [2.05, 4.69) is 9.97 Å². The molecule has 0 saturated heterocycles. The summed E-state index contributed by atoms with van der Waals surface area (Å²) >= 11 is 0. The summed E-state index contributed by atoms with van der Waals surface area (Å²) in [6.07, 6.45) is 4.88. The monoisotopic (exact) mass is 159 g/mol. The largest absolute Gasteiger partial charge is 1.00 e. The minimum absolute atomic E-state index is 0. The first kappa shape index (κ1) is 6.56. The summed E-state index contributed by atoms with van der Waals surface area (Å²) in [5.74, 6) is 0. The molecule has 0 spiro atoms. The standard InChI is InChI=1S/C4H4N2.BrH/c1-2-5-4-6-3-1;/h1-4H;1H/p-1. The van der Waals surface area contributed by atoms with E-state index in [0.29, 0.717) is 0 Å². The SMILES string of the molecule is [Br-].c1cncnc1. The number of halogens is 1. The van der Waals surface area contributed by atoms with Gasteiger partial charge in [0.2, 0.25) is 0 Å². The smallest absolute Gasteiger partial charge is 0.115 e. The summed E-state index contributed by atoms with van der Waals surface area (Å²) in [6.45, 7) is 0. The summed E-state index contributed by atoms with van der Waals surface area (Å²) in [5, 5.41) is 0. The van der Waals surface area contributed by atoms with Gasteiger partial charge in [-0.15, -0.1) is 0 Å². The Morgan fingerprint density at radius 1 is 1.00 bits per heavy atom. The van der Waals surface area contributed by atoms with E-state index in [1.807, 2.05) is 0 Å². The molecule has 1 heterocycles. The van der Waals surface area contributed by atoms with E-state index in [4.69, 9.17) is 0 Å². The second-order valence-electron chi connectivity index (χ2n) is 0.904. The minimum atomic E-state index is 0. The molecule has 1 aromatic rings. The second-order valence-corrected chi connectivity index (χ2v) is 0.904. The van der Waals surface area contributed by atoms with Gasteiger partial charge >= 0.3 is 0 Å². The maximum Gasteiger partial charge on any atom is 0.115 e. The maximum atomic E-state index is 3.67. The van der Waals surface area contributed by atoms with E-state index in [9.17, 15) is 0 Å². The Morgan fingerprint density at radius 2 is 1.57 bits per heavy atom. The molecule has 7 heavy (non-hydrogen) atoms. The Bertz CT molecular complexity index is 81.6. The average molecular weight is 160 g/mol. The normalized spacial score (nSPS) is 6.86. The van der Waals surface area contributed by atoms with Crippen LogP contribution in [0.1, 0.15) is 0 Å². The van der Waals surface area contributed by atoms with Crippen molar-refractivity contribution in [2.24, 2.45) is 0 Å². The van der Waals surface area contributed by atoms with E-state index in [1.54, 1.807) is 18.5 Å². The summed E-state index contributed by atoms with van der Waals surface area (Å²) in [5.41, 5.74) is 0. The second kappa shape index (κ2) is 3.74. The van der Waals surface area contributed by atoms with Crippen molar-refractivity contribution >= 4 is 0 Å². The molecule has 0 aliphatic rings. The summed E-state index contributed by atoms with van der Waals surface area (Å²) in [7, 11) is 0. The van der Waals surface area contributed by atoms with Crippen molar-refractivity contribution < 1.29 is 17.0 Å². The van der Waals surface area contributed by atoms with Crippen LogP contribution in [0.5, 0.6) is 0 Å². The molecule has 0 unspecified atom stereocenters. The van der Waals surface area contributed by atoms with Gasteiger partial charge in [0.1, 0.15) is 6.33 Å². The van der Waals surface area contributed by atoms with Crippen LogP contribution in [0.25, 0.3) is 0 Å². The first-order valence-corrected chi connectivity index (χ1v) is 1.70. The predicted octanol–water partition coefficient (Wildman–Crippen LogP) is -2.52. The zero-order valence-electron chi connectivity index (χ0n) is 3.58. The molecular weight excluding hydrogens is 156 g/mol. The van der Waals surface area contributed by atoms with E-state index in [1.165, 1.54) is 6.33 Å². The molecule has 0 saturated carbocycles. The molecule has 3 heteroatoms. The van der Waals surface area contributed by atoms with Gasteiger partial charge < -0.3 is 17.0 Å². The van der Waals surface area contributed by atoms with Crippen LogP contribution >= 0.6 is 0 Å². The first-order valence-electron chi connectivity index (χ1n) is 1.70. The number of hydrogen-bond acceptors (Lipinski definition) is 2. The lowest BCUT2D eigenvalue weighted by molar-refractivity contribution is -0.00000136. The number of rotatable bonds is 0. The third-order valence-corrected chi connectivity index (χ3v) is 0.478. The molecule has 0 aromatic carbocycles.